The molecular weight excluding hydrogens is 256 g/mol. The van der Waals surface area contributed by atoms with E-state index in [0.717, 1.165) is 13.0 Å². The van der Waals surface area contributed by atoms with Gasteiger partial charge in [0.2, 0.25) is 5.09 Å². The number of rotatable bonds is 7. The third-order valence-corrected chi connectivity index (χ3v) is 4.19. The first-order chi connectivity index (χ1) is 8.37. The lowest BCUT2D eigenvalue weighted by Crippen LogP contribution is -2.29. The summed E-state index contributed by atoms with van der Waals surface area (Å²) < 4.78 is 30.2. The predicted octanol–water partition coefficient (Wildman–Crippen LogP) is 0.664. The van der Waals surface area contributed by atoms with Gasteiger partial charge in [0.05, 0.1) is 0 Å². The lowest BCUT2D eigenvalue weighted by molar-refractivity contribution is 0.109. The Labute approximate surface area is 107 Å². The monoisotopic (exact) mass is 274 g/mol. The van der Waals surface area contributed by atoms with Crippen LogP contribution in [0.1, 0.15) is 17.0 Å². The largest absolute Gasteiger partial charge is 0.440 e. The van der Waals surface area contributed by atoms with Crippen LogP contribution in [-0.2, 0) is 10.0 Å². The second-order valence-corrected chi connectivity index (χ2v) is 6.23. The number of furan rings is 1. The summed E-state index contributed by atoms with van der Waals surface area (Å²) in [6.07, 6.45) is 1.20. The number of aldehydes is 1. The average Bonchev–Trinajstić information content (AvgIpc) is 2.77. The highest BCUT2D eigenvalue weighted by Gasteiger charge is 2.24. The number of nitrogens with zero attached hydrogens (tertiary/aromatic N) is 2. The molecule has 1 aromatic rings. The maximum absolute atomic E-state index is 12.0. The molecule has 1 rings (SSSR count). The zero-order chi connectivity index (χ0) is 13.8. The van der Waals surface area contributed by atoms with Gasteiger partial charge in [0.25, 0.3) is 10.0 Å². The first-order valence-electron chi connectivity index (χ1n) is 5.54. The molecule has 1 heterocycles. The first-order valence-corrected chi connectivity index (χ1v) is 6.98. The van der Waals surface area contributed by atoms with Gasteiger partial charge in [-0.3, -0.25) is 4.79 Å². The normalized spacial score (nSPS) is 12.3. The molecule has 0 saturated carbocycles. The minimum Gasteiger partial charge on any atom is -0.440 e. The standard InChI is InChI=1S/C11H18N2O4S/c1-12(2)7-4-8-13(3)18(15,16)11-6-5-10(9-14)17-11/h5-6,9H,4,7-8H2,1-3H3. The van der Waals surface area contributed by atoms with Crippen LogP contribution in [0.25, 0.3) is 0 Å². The van der Waals surface area contributed by atoms with E-state index in [1.165, 1.54) is 23.5 Å². The van der Waals surface area contributed by atoms with Gasteiger partial charge in [-0.25, -0.2) is 8.42 Å². The summed E-state index contributed by atoms with van der Waals surface area (Å²) in [5.74, 6) is 0.00951. The van der Waals surface area contributed by atoms with Gasteiger partial charge >= 0.3 is 0 Å². The van der Waals surface area contributed by atoms with Gasteiger partial charge in [-0.15, -0.1) is 0 Å². The predicted molar refractivity (Wildman–Crippen MR) is 67.1 cm³/mol. The summed E-state index contributed by atoms with van der Waals surface area (Å²) in [4.78, 5) is 12.4. The lowest BCUT2D eigenvalue weighted by atomic mass is 10.4. The highest BCUT2D eigenvalue weighted by atomic mass is 32.2. The van der Waals surface area contributed by atoms with Gasteiger partial charge in [-0.05, 0) is 39.2 Å². The van der Waals surface area contributed by atoms with Crippen LogP contribution in [0.4, 0.5) is 0 Å². The molecule has 18 heavy (non-hydrogen) atoms. The summed E-state index contributed by atoms with van der Waals surface area (Å²) >= 11 is 0. The molecule has 0 aliphatic rings. The maximum Gasteiger partial charge on any atom is 0.276 e. The fraction of sp³-hybridized carbons (Fsp3) is 0.545. The zero-order valence-electron chi connectivity index (χ0n) is 10.8. The first kappa shape index (κ1) is 14.9. The Morgan fingerprint density at radius 1 is 1.22 bits per heavy atom. The van der Waals surface area contributed by atoms with Crippen LogP contribution in [0, 0.1) is 0 Å². The molecule has 0 spiro atoms. The van der Waals surface area contributed by atoms with Crippen molar-refractivity contribution in [2.45, 2.75) is 11.5 Å². The zero-order valence-corrected chi connectivity index (χ0v) is 11.6. The lowest BCUT2D eigenvalue weighted by Gasteiger charge is -2.16. The van der Waals surface area contributed by atoms with Crippen molar-refractivity contribution < 1.29 is 17.6 Å². The molecule has 102 valence electrons. The van der Waals surface area contributed by atoms with E-state index in [1.54, 1.807) is 0 Å². The van der Waals surface area contributed by atoms with E-state index in [-0.39, 0.29) is 10.9 Å². The van der Waals surface area contributed by atoms with Crippen LogP contribution < -0.4 is 0 Å². The Bertz CT molecular complexity index is 493. The SMILES string of the molecule is CN(C)CCCN(C)S(=O)(=O)c1ccc(C=O)o1. The molecule has 7 heteroatoms. The van der Waals surface area contributed by atoms with Gasteiger partial charge in [-0.1, -0.05) is 0 Å². The summed E-state index contributed by atoms with van der Waals surface area (Å²) in [5, 5.41) is -0.197. The van der Waals surface area contributed by atoms with Crippen molar-refractivity contribution in [1.82, 2.24) is 9.21 Å². The maximum atomic E-state index is 12.0. The quantitative estimate of drug-likeness (QED) is 0.683. The van der Waals surface area contributed by atoms with Crippen LogP contribution in [0.2, 0.25) is 0 Å². The van der Waals surface area contributed by atoms with E-state index < -0.39 is 10.0 Å². The van der Waals surface area contributed by atoms with Crippen LogP contribution in [0.3, 0.4) is 0 Å². The molecule has 0 bridgehead atoms. The number of hydrogen-bond donors (Lipinski definition) is 0. The molecule has 0 saturated heterocycles. The van der Waals surface area contributed by atoms with E-state index in [4.69, 9.17) is 4.42 Å². The van der Waals surface area contributed by atoms with Crippen molar-refractivity contribution >= 4 is 16.3 Å². The summed E-state index contributed by atoms with van der Waals surface area (Å²) in [7, 11) is 1.71. The summed E-state index contributed by atoms with van der Waals surface area (Å²) in [6, 6.07) is 2.63. The average molecular weight is 274 g/mol. The molecule has 0 atom stereocenters. The number of sulfonamides is 1. The second kappa shape index (κ2) is 6.12. The minimum atomic E-state index is -3.64. The van der Waals surface area contributed by atoms with Crippen LogP contribution in [0.15, 0.2) is 21.6 Å². The number of hydrogen-bond acceptors (Lipinski definition) is 5. The molecule has 0 N–H and O–H groups in total. The smallest absolute Gasteiger partial charge is 0.276 e. The Hall–Kier alpha value is -1.18. The van der Waals surface area contributed by atoms with Crippen molar-refractivity contribution in [3.8, 4) is 0 Å². The van der Waals surface area contributed by atoms with E-state index in [1.807, 2.05) is 19.0 Å². The van der Waals surface area contributed by atoms with E-state index in [2.05, 4.69) is 0 Å². The highest BCUT2D eigenvalue weighted by molar-refractivity contribution is 7.89. The van der Waals surface area contributed by atoms with Crippen molar-refractivity contribution in [1.29, 1.82) is 0 Å². The van der Waals surface area contributed by atoms with Crippen LogP contribution in [0.5, 0.6) is 0 Å². The fourth-order valence-corrected chi connectivity index (χ4v) is 2.54. The Balaban J connectivity index is 2.70. The van der Waals surface area contributed by atoms with Gasteiger partial charge in [0.15, 0.2) is 12.0 Å². The molecule has 6 nitrogen and oxygen atoms in total. The summed E-state index contributed by atoms with van der Waals surface area (Å²) in [6.45, 7) is 1.20. The molecule has 0 aliphatic heterocycles. The molecule has 0 aromatic carbocycles. The van der Waals surface area contributed by atoms with Gasteiger partial charge in [0.1, 0.15) is 0 Å². The third-order valence-electron chi connectivity index (χ3n) is 2.46. The molecule has 1 aromatic heterocycles. The Morgan fingerprint density at radius 3 is 2.39 bits per heavy atom. The highest BCUT2D eigenvalue weighted by Crippen LogP contribution is 2.16. The molecule has 0 aliphatic carbocycles. The number of carbonyl (C=O) groups is 1. The van der Waals surface area contributed by atoms with Crippen molar-refractivity contribution in [3.63, 3.8) is 0 Å². The fourth-order valence-electron chi connectivity index (χ4n) is 1.42. The third kappa shape index (κ3) is 3.66. The number of carbonyl (C=O) groups excluding carboxylic acids is 1. The van der Waals surface area contributed by atoms with Crippen LogP contribution >= 0.6 is 0 Å². The molecule has 0 fully saturated rings. The topological polar surface area (TPSA) is 70.8 Å². The summed E-state index contributed by atoms with van der Waals surface area (Å²) in [5.41, 5.74) is 0. The van der Waals surface area contributed by atoms with Crippen molar-refractivity contribution in [2.24, 2.45) is 0 Å². The molecule has 0 unspecified atom stereocenters. The van der Waals surface area contributed by atoms with Crippen molar-refractivity contribution in [3.05, 3.63) is 17.9 Å². The molecular formula is C11H18N2O4S. The second-order valence-electron chi connectivity index (χ2n) is 4.26. The Kier molecular flexibility index (Phi) is 5.06. The van der Waals surface area contributed by atoms with Gasteiger partial charge in [-0.2, -0.15) is 4.31 Å². The molecule has 0 amide bonds. The van der Waals surface area contributed by atoms with Crippen LogP contribution in [-0.4, -0.2) is 58.1 Å². The van der Waals surface area contributed by atoms with Gasteiger partial charge in [0, 0.05) is 13.6 Å². The minimum absolute atomic E-state index is 0.00951. The van der Waals surface area contributed by atoms with E-state index in [0.29, 0.717) is 12.8 Å². The van der Waals surface area contributed by atoms with E-state index in [9.17, 15) is 13.2 Å². The van der Waals surface area contributed by atoms with Crippen molar-refractivity contribution in [2.75, 3.05) is 34.2 Å². The van der Waals surface area contributed by atoms with Gasteiger partial charge < -0.3 is 9.32 Å². The molecule has 0 radical (unpaired) electrons. The Morgan fingerprint density at radius 2 is 1.89 bits per heavy atom. The van der Waals surface area contributed by atoms with E-state index >= 15 is 0 Å².